The van der Waals surface area contributed by atoms with Gasteiger partial charge in [-0.15, -0.1) is 0 Å². The van der Waals surface area contributed by atoms with Crippen molar-refractivity contribution in [1.29, 1.82) is 0 Å². The zero-order valence-electron chi connectivity index (χ0n) is 10.9. The van der Waals surface area contributed by atoms with Crippen LogP contribution >= 0.6 is 15.9 Å². The Balaban J connectivity index is 2.91. The quantitative estimate of drug-likeness (QED) is 0.849. The molecule has 0 fully saturated rings. The van der Waals surface area contributed by atoms with Gasteiger partial charge in [0.15, 0.2) is 0 Å². The number of nitrogens with zero attached hydrogens (tertiary/aromatic N) is 2. The number of halogens is 1. The Labute approximate surface area is 111 Å². The monoisotopic (exact) mass is 301 g/mol. The highest BCUT2D eigenvalue weighted by Gasteiger charge is 2.22. The van der Waals surface area contributed by atoms with Crippen molar-refractivity contribution >= 4 is 21.8 Å². The molecule has 96 valence electrons. The summed E-state index contributed by atoms with van der Waals surface area (Å²) in [5, 5.41) is 8.07. The van der Waals surface area contributed by atoms with Gasteiger partial charge in [-0.25, -0.2) is 0 Å². The van der Waals surface area contributed by atoms with Gasteiger partial charge in [0.1, 0.15) is 5.69 Å². The first kappa shape index (κ1) is 14.2. The number of amides is 1. The molecule has 4 nitrogen and oxygen atoms in total. The van der Waals surface area contributed by atoms with Crippen LogP contribution in [0.5, 0.6) is 0 Å². The minimum absolute atomic E-state index is 0.0662. The van der Waals surface area contributed by atoms with Crippen molar-refractivity contribution in [2.45, 2.75) is 46.2 Å². The molecule has 1 amide bonds. The second kappa shape index (κ2) is 5.67. The fourth-order valence-corrected chi connectivity index (χ4v) is 1.61. The number of alkyl halides is 1. The molecule has 1 aromatic heterocycles. The van der Waals surface area contributed by atoms with Gasteiger partial charge in [0.2, 0.25) is 0 Å². The zero-order valence-corrected chi connectivity index (χ0v) is 12.5. The highest BCUT2D eigenvalue weighted by atomic mass is 79.9. The number of aryl methyl sites for hydroxylation is 2. The van der Waals surface area contributed by atoms with Crippen LogP contribution in [0.3, 0.4) is 0 Å². The second-order valence-corrected chi connectivity index (χ2v) is 5.22. The number of aromatic nitrogens is 2. The van der Waals surface area contributed by atoms with Gasteiger partial charge in [-0.1, -0.05) is 22.9 Å². The van der Waals surface area contributed by atoms with E-state index in [1.54, 1.807) is 4.68 Å². The lowest BCUT2D eigenvalue weighted by atomic mass is 10.1. The molecule has 0 bridgehead atoms. The molecule has 0 aliphatic carbocycles. The molecule has 0 atom stereocenters. The zero-order chi connectivity index (χ0) is 13.1. The first-order chi connectivity index (χ1) is 7.93. The lowest BCUT2D eigenvalue weighted by molar-refractivity contribution is 0.0910. The lowest BCUT2D eigenvalue weighted by Crippen LogP contribution is -2.45. The molecular weight excluding hydrogens is 282 g/mol. The van der Waals surface area contributed by atoms with Gasteiger partial charge in [0.05, 0.1) is 5.69 Å². The van der Waals surface area contributed by atoms with E-state index in [1.807, 2.05) is 33.8 Å². The molecule has 0 radical (unpaired) electrons. The summed E-state index contributed by atoms with van der Waals surface area (Å²) >= 11 is 3.39. The van der Waals surface area contributed by atoms with Gasteiger partial charge in [0.25, 0.3) is 5.91 Å². The van der Waals surface area contributed by atoms with Gasteiger partial charge in [-0.05, 0) is 33.3 Å². The number of nitrogens with one attached hydrogen (secondary N) is 1. The van der Waals surface area contributed by atoms with Crippen LogP contribution in [0.15, 0.2) is 6.07 Å². The van der Waals surface area contributed by atoms with Crippen molar-refractivity contribution in [1.82, 2.24) is 15.1 Å². The molecule has 0 aliphatic heterocycles. The van der Waals surface area contributed by atoms with E-state index < -0.39 is 0 Å². The summed E-state index contributed by atoms with van der Waals surface area (Å²) < 4.78 is 1.75. The maximum absolute atomic E-state index is 12.1. The maximum Gasteiger partial charge on any atom is 0.270 e. The van der Waals surface area contributed by atoms with Gasteiger partial charge >= 0.3 is 0 Å². The molecule has 0 aromatic carbocycles. The number of carbonyl (C=O) groups excluding carboxylic acids is 1. The molecule has 1 N–H and O–H groups in total. The van der Waals surface area contributed by atoms with Crippen LogP contribution in [-0.2, 0) is 13.0 Å². The first-order valence-electron chi connectivity index (χ1n) is 5.88. The lowest BCUT2D eigenvalue weighted by Gasteiger charge is -2.23. The average Bonchev–Trinajstić information content (AvgIpc) is 2.71. The maximum atomic E-state index is 12.1. The summed E-state index contributed by atoms with van der Waals surface area (Å²) in [6.07, 6.45) is 0.842. The smallest absolute Gasteiger partial charge is 0.270 e. The van der Waals surface area contributed by atoms with Crippen molar-refractivity contribution in [3.63, 3.8) is 0 Å². The summed E-state index contributed by atoms with van der Waals surface area (Å²) in [7, 11) is 0. The van der Waals surface area contributed by atoms with Crippen LogP contribution in [0.1, 0.15) is 43.9 Å². The first-order valence-corrected chi connectivity index (χ1v) is 7.00. The molecule has 1 rings (SSSR count). The molecular formula is C12H20BrN3O. The summed E-state index contributed by atoms with van der Waals surface area (Å²) in [6.45, 7) is 8.68. The topological polar surface area (TPSA) is 46.9 Å². The fraction of sp³-hybridized carbons (Fsp3) is 0.667. The third-order valence-electron chi connectivity index (χ3n) is 2.51. The van der Waals surface area contributed by atoms with E-state index >= 15 is 0 Å². The third kappa shape index (κ3) is 3.56. The molecule has 1 heterocycles. The summed E-state index contributed by atoms with van der Waals surface area (Å²) in [5.41, 5.74) is 1.33. The van der Waals surface area contributed by atoms with Crippen LogP contribution in [0.25, 0.3) is 0 Å². The van der Waals surface area contributed by atoms with Crippen LogP contribution in [0, 0.1) is 0 Å². The Hall–Kier alpha value is -0.840. The standard InChI is InChI=1S/C12H20BrN3O/c1-5-9-7-10(16(6-2)15-9)11(17)14-12(3,4)8-13/h7H,5-6,8H2,1-4H3,(H,14,17). The van der Waals surface area contributed by atoms with E-state index in [4.69, 9.17) is 0 Å². The van der Waals surface area contributed by atoms with Crippen LogP contribution < -0.4 is 5.32 Å². The molecule has 1 aromatic rings. The number of rotatable bonds is 5. The molecule has 0 unspecified atom stereocenters. The van der Waals surface area contributed by atoms with E-state index in [0.717, 1.165) is 12.1 Å². The van der Waals surface area contributed by atoms with E-state index in [9.17, 15) is 4.79 Å². The average molecular weight is 302 g/mol. The van der Waals surface area contributed by atoms with Gasteiger partial charge in [0, 0.05) is 17.4 Å². The Morgan fingerprint density at radius 1 is 1.53 bits per heavy atom. The van der Waals surface area contributed by atoms with E-state index in [2.05, 4.69) is 26.3 Å². The predicted molar refractivity (Wildman–Crippen MR) is 72.6 cm³/mol. The van der Waals surface area contributed by atoms with Crippen molar-refractivity contribution < 1.29 is 4.79 Å². The van der Waals surface area contributed by atoms with Crippen molar-refractivity contribution in [3.05, 3.63) is 17.5 Å². The Kier molecular flexibility index (Phi) is 4.74. The van der Waals surface area contributed by atoms with Crippen molar-refractivity contribution in [2.24, 2.45) is 0 Å². The Morgan fingerprint density at radius 2 is 2.18 bits per heavy atom. The summed E-state index contributed by atoms with van der Waals surface area (Å²) in [4.78, 5) is 12.1. The fourth-order valence-electron chi connectivity index (χ4n) is 1.47. The van der Waals surface area contributed by atoms with E-state index in [0.29, 0.717) is 17.6 Å². The molecule has 0 saturated heterocycles. The van der Waals surface area contributed by atoms with Crippen molar-refractivity contribution in [2.75, 3.05) is 5.33 Å². The highest BCUT2D eigenvalue weighted by Crippen LogP contribution is 2.10. The summed E-state index contributed by atoms with van der Waals surface area (Å²) in [5.74, 6) is -0.0662. The van der Waals surface area contributed by atoms with Gasteiger partial charge in [-0.2, -0.15) is 5.10 Å². The third-order valence-corrected chi connectivity index (χ3v) is 3.91. The molecule has 0 spiro atoms. The largest absolute Gasteiger partial charge is 0.345 e. The second-order valence-electron chi connectivity index (χ2n) is 4.66. The minimum Gasteiger partial charge on any atom is -0.345 e. The van der Waals surface area contributed by atoms with Gasteiger partial charge < -0.3 is 5.32 Å². The summed E-state index contributed by atoms with van der Waals surface area (Å²) in [6, 6.07) is 1.86. The highest BCUT2D eigenvalue weighted by molar-refractivity contribution is 9.09. The SMILES string of the molecule is CCc1cc(C(=O)NC(C)(C)CBr)n(CC)n1. The predicted octanol–water partition coefficient (Wildman–Crippen LogP) is 2.37. The molecule has 0 aliphatic rings. The van der Waals surface area contributed by atoms with E-state index in [1.165, 1.54) is 0 Å². The van der Waals surface area contributed by atoms with Crippen LogP contribution in [0.4, 0.5) is 0 Å². The number of carbonyl (C=O) groups is 1. The van der Waals surface area contributed by atoms with Crippen molar-refractivity contribution in [3.8, 4) is 0 Å². The van der Waals surface area contributed by atoms with E-state index in [-0.39, 0.29) is 11.4 Å². The van der Waals surface area contributed by atoms with Gasteiger partial charge in [-0.3, -0.25) is 9.48 Å². The Bertz CT molecular complexity index is 398. The number of hydrogen-bond donors (Lipinski definition) is 1. The minimum atomic E-state index is -0.258. The molecule has 5 heteroatoms. The molecule has 0 saturated carbocycles. The Morgan fingerprint density at radius 3 is 2.65 bits per heavy atom. The number of hydrogen-bond acceptors (Lipinski definition) is 2. The molecule has 17 heavy (non-hydrogen) atoms. The van der Waals surface area contributed by atoms with Crippen LogP contribution in [0.2, 0.25) is 0 Å². The normalized spacial score (nSPS) is 11.6. The van der Waals surface area contributed by atoms with Crippen LogP contribution in [-0.4, -0.2) is 26.6 Å².